The SMILES string of the molecule is N#CC(=Cc1ccc(-c2ccc(C(=O)O)cc2)o1)C(=O)Nc1ccc(Cl)cc1. The smallest absolute Gasteiger partial charge is 0.335 e. The lowest BCUT2D eigenvalue weighted by molar-refractivity contribution is -0.112. The molecule has 0 unspecified atom stereocenters. The highest BCUT2D eigenvalue weighted by atomic mass is 35.5. The van der Waals surface area contributed by atoms with Crippen LogP contribution in [0, 0.1) is 11.3 Å². The Morgan fingerprint density at radius 1 is 1.04 bits per heavy atom. The van der Waals surface area contributed by atoms with Crippen LogP contribution in [0.1, 0.15) is 16.1 Å². The first kappa shape index (κ1) is 19.0. The van der Waals surface area contributed by atoms with Crippen LogP contribution in [0.15, 0.2) is 70.7 Å². The summed E-state index contributed by atoms with van der Waals surface area (Å²) in [6.45, 7) is 0. The molecule has 2 aromatic carbocycles. The van der Waals surface area contributed by atoms with Crippen LogP contribution in [-0.4, -0.2) is 17.0 Å². The van der Waals surface area contributed by atoms with Crippen molar-refractivity contribution in [3.8, 4) is 17.4 Å². The molecule has 0 aliphatic heterocycles. The van der Waals surface area contributed by atoms with Gasteiger partial charge in [0, 0.05) is 22.3 Å². The third-order valence-corrected chi connectivity index (χ3v) is 4.05. The summed E-state index contributed by atoms with van der Waals surface area (Å²) in [5.41, 5.74) is 1.22. The molecule has 0 saturated carbocycles. The number of furan rings is 1. The quantitative estimate of drug-likeness (QED) is 0.477. The lowest BCUT2D eigenvalue weighted by Gasteiger charge is -2.03. The van der Waals surface area contributed by atoms with Gasteiger partial charge in [0.05, 0.1) is 5.56 Å². The highest BCUT2D eigenvalue weighted by molar-refractivity contribution is 6.30. The fourth-order valence-corrected chi connectivity index (χ4v) is 2.51. The molecule has 0 bridgehead atoms. The van der Waals surface area contributed by atoms with Crippen LogP contribution >= 0.6 is 11.6 Å². The highest BCUT2D eigenvalue weighted by Gasteiger charge is 2.12. The first-order valence-corrected chi connectivity index (χ1v) is 8.46. The molecule has 1 aromatic heterocycles. The standard InChI is InChI=1S/C21H13ClN2O4/c22-16-5-7-17(8-6-16)24-20(25)15(12-23)11-18-9-10-19(28-18)13-1-3-14(4-2-13)21(26)27/h1-11H,(H,24,25)(H,26,27). The molecule has 138 valence electrons. The Labute approximate surface area is 165 Å². The summed E-state index contributed by atoms with van der Waals surface area (Å²) in [6, 6.07) is 17.8. The van der Waals surface area contributed by atoms with E-state index in [4.69, 9.17) is 21.1 Å². The van der Waals surface area contributed by atoms with Crippen LogP contribution in [-0.2, 0) is 4.79 Å². The number of nitrogens with one attached hydrogen (secondary N) is 1. The molecular weight excluding hydrogens is 380 g/mol. The predicted molar refractivity (Wildman–Crippen MR) is 105 cm³/mol. The van der Waals surface area contributed by atoms with E-state index in [1.165, 1.54) is 18.2 Å². The van der Waals surface area contributed by atoms with Gasteiger partial charge in [0.2, 0.25) is 0 Å². The Kier molecular flexibility index (Phi) is 5.58. The zero-order chi connectivity index (χ0) is 20.1. The molecule has 0 aliphatic carbocycles. The first-order chi connectivity index (χ1) is 13.5. The predicted octanol–water partition coefficient (Wildman–Crippen LogP) is 4.84. The van der Waals surface area contributed by atoms with Crippen LogP contribution in [0.5, 0.6) is 0 Å². The van der Waals surface area contributed by atoms with Gasteiger partial charge in [0.1, 0.15) is 23.2 Å². The fourth-order valence-electron chi connectivity index (χ4n) is 2.39. The van der Waals surface area contributed by atoms with Crippen molar-refractivity contribution in [2.24, 2.45) is 0 Å². The van der Waals surface area contributed by atoms with Crippen LogP contribution in [0.25, 0.3) is 17.4 Å². The second kappa shape index (κ2) is 8.25. The second-order valence-electron chi connectivity index (χ2n) is 5.72. The molecule has 1 heterocycles. The maximum Gasteiger partial charge on any atom is 0.335 e. The first-order valence-electron chi connectivity index (χ1n) is 8.08. The van der Waals surface area contributed by atoms with Gasteiger partial charge >= 0.3 is 5.97 Å². The molecule has 0 aliphatic rings. The second-order valence-corrected chi connectivity index (χ2v) is 6.15. The van der Waals surface area contributed by atoms with Crippen molar-refractivity contribution in [1.82, 2.24) is 0 Å². The molecule has 3 rings (SSSR count). The zero-order valence-electron chi connectivity index (χ0n) is 14.3. The van der Waals surface area contributed by atoms with Crippen molar-refractivity contribution < 1.29 is 19.1 Å². The number of rotatable bonds is 5. The van der Waals surface area contributed by atoms with E-state index in [2.05, 4.69) is 5.32 Å². The molecular formula is C21H13ClN2O4. The van der Waals surface area contributed by atoms with Crippen LogP contribution in [0.3, 0.4) is 0 Å². The van der Waals surface area contributed by atoms with Crippen molar-refractivity contribution >= 4 is 35.2 Å². The van der Waals surface area contributed by atoms with Gasteiger partial charge in [0.15, 0.2) is 0 Å². The van der Waals surface area contributed by atoms with Gasteiger partial charge in [-0.2, -0.15) is 5.26 Å². The van der Waals surface area contributed by atoms with E-state index in [-0.39, 0.29) is 11.1 Å². The van der Waals surface area contributed by atoms with E-state index < -0.39 is 11.9 Å². The highest BCUT2D eigenvalue weighted by Crippen LogP contribution is 2.24. The summed E-state index contributed by atoms with van der Waals surface area (Å²) in [4.78, 5) is 23.2. The third-order valence-electron chi connectivity index (χ3n) is 3.80. The summed E-state index contributed by atoms with van der Waals surface area (Å²) in [7, 11) is 0. The maximum atomic E-state index is 12.3. The van der Waals surface area contributed by atoms with Crippen molar-refractivity contribution in [2.75, 3.05) is 5.32 Å². The largest absolute Gasteiger partial charge is 0.478 e. The van der Waals surface area contributed by atoms with E-state index in [0.29, 0.717) is 27.8 Å². The maximum absolute atomic E-state index is 12.3. The summed E-state index contributed by atoms with van der Waals surface area (Å²) in [5, 5.41) is 21.4. The molecule has 28 heavy (non-hydrogen) atoms. The van der Waals surface area contributed by atoms with Gasteiger partial charge in [-0.25, -0.2) is 4.79 Å². The number of carbonyl (C=O) groups excluding carboxylic acids is 1. The molecule has 7 heteroatoms. The summed E-state index contributed by atoms with van der Waals surface area (Å²) in [5.74, 6) is -0.785. The average molecular weight is 393 g/mol. The third kappa shape index (κ3) is 4.47. The molecule has 2 N–H and O–H groups in total. The van der Waals surface area contributed by atoms with E-state index in [1.807, 2.05) is 6.07 Å². The minimum absolute atomic E-state index is 0.128. The lowest BCUT2D eigenvalue weighted by atomic mass is 10.1. The molecule has 0 atom stereocenters. The normalized spacial score (nSPS) is 10.9. The number of amides is 1. The number of benzene rings is 2. The van der Waals surface area contributed by atoms with Crippen molar-refractivity contribution in [3.05, 3.63) is 82.6 Å². The minimum Gasteiger partial charge on any atom is -0.478 e. The van der Waals surface area contributed by atoms with Crippen LogP contribution < -0.4 is 5.32 Å². The molecule has 6 nitrogen and oxygen atoms in total. The number of nitrogens with zero attached hydrogens (tertiary/aromatic N) is 1. The molecule has 0 spiro atoms. The number of hydrogen-bond acceptors (Lipinski definition) is 4. The Bertz CT molecular complexity index is 1090. The zero-order valence-corrected chi connectivity index (χ0v) is 15.1. The van der Waals surface area contributed by atoms with E-state index >= 15 is 0 Å². The number of anilines is 1. The van der Waals surface area contributed by atoms with Crippen molar-refractivity contribution in [1.29, 1.82) is 5.26 Å². The van der Waals surface area contributed by atoms with E-state index in [0.717, 1.165) is 0 Å². The Balaban J connectivity index is 1.78. The molecule has 0 fully saturated rings. The van der Waals surface area contributed by atoms with E-state index in [9.17, 15) is 14.9 Å². The molecule has 1 amide bonds. The van der Waals surface area contributed by atoms with Gasteiger partial charge in [-0.15, -0.1) is 0 Å². The van der Waals surface area contributed by atoms with Crippen LogP contribution in [0.2, 0.25) is 5.02 Å². The Morgan fingerprint density at radius 2 is 1.71 bits per heavy atom. The number of hydrogen-bond donors (Lipinski definition) is 2. The van der Waals surface area contributed by atoms with Crippen molar-refractivity contribution in [3.63, 3.8) is 0 Å². The lowest BCUT2D eigenvalue weighted by Crippen LogP contribution is -2.13. The number of aromatic carboxylic acids is 1. The van der Waals surface area contributed by atoms with Crippen molar-refractivity contribution in [2.45, 2.75) is 0 Å². The molecule has 3 aromatic rings. The Morgan fingerprint density at radius 3 is 2.32 bits per heavy atom. The van der Waals surface area contributed by atoms with Gasteiger partial charge in [-0.3, -0.25) is 4.79 Å². The Hall–Kier alpha value is -3.82. The van der Waals surface area contributed by atoms with Gasteiger partial charge in [0.25, 0.3) is 5.91 Å². The molecule has 0 saturated heterocycles. The number of halogens is 1. The summed E-state index contributed by atoms with van der Waals surface area (Å²) in [6.07, 6.45) is 1.33. The monoisotopic (exact) mass is 392 g/mol. The topological polar surface area (TPSA) is 103 Å². The summed E-state index contributed by atoms with van der Waals surface area (Å²) >= 11 is 5.80. The average Bonchev–Trinajstić information content (AvgIpc) is 3.16. The number of carboxylic acid groups (broad SMARTS) is 1. The van der Waals surface area contributed by atoms with Gasteiger partial charge < -0.3 is 14.8 Å². The fraction of sp³-hybridized carbons (Fsp3) is 0. The number of nitriles is 1. The summed E-state index contributed by atoms with van der Waals surface area (Å²) < 4.78 is 5.65. The molecule has 0 radical (unpaired) electrons. The van der Waals surface area contributed by atoms with Gasteiger partial charge in [-0.1, -0.05) is 23.7 Å². The van der Waals surface area contributed by atoms with Gasteiger partial charge in [-0.05, 0) is 48.5 Å². The number of carbonyl (C=O) groups is 2. The van der Waals surface area contributed by atoms with Crippen LogP contribution in [0.4, 0.5) is 5.69 Å². The minimum atomic E-state index is -1.01. The number of carboxylic acids is 1. The van der Waals surface area contributed by atoms with E-state index in [1.54, 1.807) is 48.5 Å².